The first kappa shape index (κ1) is 20.1. The summed E-state index contributed by atoms with van der Waals surface area (Å²) < 4.78 is 46.9. The number of carbonyl (C=O) groups excluding carboxylic acids is 1. The molecular formula is C17H17F3N4O3. The van der Waals surface area contributed by atoms with E-state index in [2.05, 4.69) is 21.2 Å². The van der Waals surface area contributed by atoms with Crippen molar-refractivity contribution in [1.29, 1.82) is 5.26 Å². The van der Waals surface area contributed by atoms with E-state index in [1.807, 2.05) is 0 Å². The fraction of sp³-hybridized carbons (Fsp3) is 0.353. The molecule has 10 heteroatoms. The van der Waals surface area contributed by atoms with E-state index < -0.39 is 12.3 Å². The largest absolute Gasteiger partial charge is 0.573 e. The average molecular weight is 382 g/mol. The number of hydrogen-bond donors (Lipinski definition) is 1. The lowest BCUT2D eigenvalue weighted by atomic mass is 10.2. The van der Waals surface area contributed by atoms with Crippen molar-refractivity contribution in [1.82, 2.24) is 9.78 Å². The van der Waals surface area contributed by atoms with E-state index in [4.69, 9.17) is 10.00 Å². The van der Waals surface area contributed by atoms with E-state index in [0.29, 0.717) is 18.7 Å². The molecule has 1 aromatic carbocycles. The highest BCUT2D eigenvalue weighted by Gasteiger charge is 2.30. The number of benzene rings is 1. The Labute approximate surface area is 153 Å². The SMILES string of the molecule is N#CCCCCn1cc(NC(=O)COc2ccc(OC(F)(F)F)cc2)cn1. The summed E-state index contributed by atoms with van der Waals surface area (Å²) in [5.41, 5.74) is 0.498. The quantitative estimate of drug-likeness (QED) is 0.671. The Morgan fingerprint density at radius 2 is 1.93 bits per heavy atom. The molecule has 0 atom stereocenters. The van der Waals surface area contributed by atoms with Gasteiger partial charge in [-0.25, -0.2) is 0 Å². The smallest absolute Gasteiger partial charge is 0.484 e. The maximum atomic E-state index is 12.1. The number of rotatable bonds is 9. The minimum absolute atomic E-state index is 0.230. The van der Waals surface area contributed by atoms with Crippen molar-refractivity contribution in [3.05, 3.63) is 36.7 Å². The van der Waals surface area contributed by atoms with Gasteiger partial charge in [-0.2, -0.15) is 10.4 Å². The number of carbonyl (C=O) groups is 1. The first-order valence-corrected chi connectivity index (χ1v) is 8.03. The monoisotopic (exact) mass is 382 g/mol. The van der Waals surface area contributed by atoms with E-state index >= 15 is 0 Å². The number of nitriles is 1. The van der Waals surface area contributed by atoms with Crippen LogP contribution in [0.5, 0.6) is 11.5 Å². The molecule has 1 amide bonds. The molecule has 1 aromatic heterocycles. The molecule has 7 nitrogen and oxygen atoms in total. The topological polar surface area (TPSA) is 89.2 Å². The van der Waals surface area contributed by atoms with E-state index in [0.717, 1.165) is 25.0 Å². The molecule has 0 bridgehead atoms. The van der Waals surface area contributed by atoms with Gasteiger partial charge in [0.25, 0.3) is 5.91 Å². The number of anilines is 1. The molecule has 1 N–H and O–H groups in total. The third-order valence-corrected chi connectivity index (χ3v) is 3.27. The first-order chi connectivity index (χ1) is 12.9. The predicted molar refractivity (Wildman–Crippen MR) is 88.9 cm³/mol. The molecule has 0 aliphatic carbocycles. The average Bonchev–Trinajstić information content (AvgIpc) is 3.04. The lowest BCUT2D eigenvalue weighted by molar-refractivity contribution is -0.274. The van der Waals surface area contributed by atoms with Crippen LogP contribution >= 0.6 is 0 Å². The van der Waals surface area contributed by atoms with Gasteiger partial charge in [-0.3, -0.25) is 9.48 Å². The molecule has 2 aromatic rings. The highest BCUT2D eigenvalue weighted by Crippen LogP contribution is 2.24. The summed E-state index contributed by atoms with van der Waals surface area (Å²) in [6.45, 7) is 0.327. The van der Waals surface area contributed by atoms with E-state index in [9.17, 15) is 18.0 Å². The predicted octanol–water partition coefficient (Wildman–Crippen LogP) is 3.49. The minimum atomic E-state index is -4.76. The Morgan fingerprint density at radius 3 is 2.59 bits per heavy atom. The Hall–Kier alpha value is -3.22. The molecule has 0 saturated heterocycles. The summed E-state index contributed by atoms with van der Waals surface area (Å²) in [6.07, 6.45) is 0.464. The van der Waals surface area contributed by atoms with Crippen LogP contribution in [0.15, 0.2) is 36.7 Å². The van der Waals surface area contributed by atoms with E-state index in [1.165, 1.54) is 18.3 Å². The first-order valence-electron chi connectivity index (χ1n) is 8.03. The molecule has 0 aliphatic rings. The third kappa shape index (κ3) is 7.68. The summed E-state index contributed by atoms with van der Waals surface area (Å²) >= 11 is 0. The molecule has 27 heavy (non-hydrogen) atoms. The molecule has 0 aliphatic heterocycles. The molecular weight excluding hydrogens is 365 g/mol. The fourth-order valence-corrected chi connectivity index (χ4v) is 2.11. The number of nitrogens with zero attached hydrogens (tertiary/aromatic N) is 3. The van der Waals surface area contributed by atoms with Crippen LogP contribution in [0.2, 0.25) is 0 Å². The van der Waals surface area contributed by atoms with Gasteiger partial charge in [-0.1, -0.05) is 0 Å². The fourth-order valence-electron chi connectivity index (χ4n) is 2.11. The lowest BCUT2D eigenvalue weighted by Gasteiger charge is -2.10. The van der Waals surface area contributed by atoms with Crippen molar-refractivity contribution >= 4 is 11.6 Å². The van der Waals surface area contributed by atoms with Crippen LogP contribution in [0, 0.1) is 11.3 Å². The van der Waals surface area contributed by atoms with Crippen molar-refractivity contribution in [2.45, 2.75) is 32.2 Å². The Bertz CT molecular complexity index is 782. The summed E-state index contributed by atoms with van der Waals surface area (Å²) in [7, 11) is 0. The number of ether oxygens (including phenoxy) is 2. The molecule has 144 valence electrons. The summed E-state index contributed by atoms with van der Waals surface area (Å²) in [5, 5.41) is 15.2. The second-order valence-corrected chi connectivity index (χ2v) is 5.46. The van der Waals surface area contributed by atoms with Crippen LogP contribution in [0.4, 0.5) is 18.9 Å². The van der Waals surface area contributed by atoms with Gasteiger partial charge in [0.2, 0.25) is 0 Å². The second-order valence-electron chi connectivity index (χ2n) is 5.46. The molecule has 1 heterocycles. The van der Waals surface area contributed by atoms with Crippen molar-refractivity contribution in [2.75, 3.05) is 11.9 Å². The van der Waals surface area contributed by atoms with Gasteiger partial charge >= 0.3 is 6.36 Å². The minimum Gasteiger partial charge on any atom is -0.484 e. The van der Waals surface area contributed by atoms with Gasteiger partial charge in [0.1, 0.15) is 11.5 Å². The zero-order chi connectivity index (χ0) is 19.7. The summed E-state index contributed by atoms with van der Waals surface area (Å²) in [4.78, 5) is 11.9. The van der Waals surface area contributed by atoms with Crippen LogP contribution < -0.4 is 14.8 Å². The Balaban J connectivity index is 1.74. The summed E-state index contributed by atoms with van der Waals surface area (Å²) in [6, 6.07) is 6.80. The van der Waals surface area contributed by atoms with Gasteiger partial charge in [0.05, 0.1) is 18.0 Å². The van der Waals surface area contributed by atoms with Crippen LogP contribution in [0.25, 0.3) is 0 Å². The zero-order valence-electron chi connectivity index (χ0n) is 14.2. The van der Waals surface area contributed by atoms with Crippen molar-refractivity contribution in [3.8, 4) is 17.6 Å². The number of nitrogens with one attached hydrogen (secondary N) is 1. The number of aromatic nitrogens is 2. The standard InChI is InChI=1S/C17H17F3N4O3/c18-17(19,20)27-15-6-4-14(5-7-15)26-12-16(25)23-13-10-22-24(11-13)9-3-1-2-8-21/h4-7,10-11H,1-3,9,12H2,(H,23,25). The molecule has 0 radical (unpaired) electrons. The molecule has 0 spiro atoms. The number of aryl methyl sites for hydroxylation is 1. The van der Waals surface area contributed by atoms with E-state index in [-0.39, 0.29) is 18.1 Å². The number of hydrogen-bond acceptors (Lipinski definition) is 5. The van der Waals surface area contributed by atoms with Gasteiger partial charge < -0.3 is 14.8 Å². The normalized spacial score (nSPS) is 10.9. The highest BCUT2D eigenvalue weighted by molar-refractivity contribution is 5.91. The number of amides is 1. The maximum Gasteiger partial charge on any atom is 0.573 e. The maximum absolute atomic E-state index is 12.1. The number of alkyl halides is 3. The number of unbranched alkanes of at least 4 members (excludes halogenated alkanes) is 2. The molecule has 0 saturated carbocycles. The van der Waals surface area contributed by atoms with Crippen molar-refractivity contribution in [2.24, 2.45) is 0 Å². The molecule has 0 fully saturated rings. The Morgan fingerprint density at radius 1 is 1.22 bits per heavy atom. The van der Waals surface area contributed by atoms with Crippen molar-refractivity contribution in [3.63, 3.8) is 0 Å². The van der Waals surface area contributed by atoms with Gasteiger partial charge in [0.15, 0.2) is 6.61 Å². The molecule has 2 rings (SSSR count). The van der Waals surface area contributed by atoms with Crippen LogP contribution in [0.3, 0.4) is 0 Å². The van der Waals surface area contributed by atoms with Gasteiger partial charge in [-0.05, 0) is 37.1 Å². The van der Waals surface area contributed by atoms with E-state index in [1.54, 1.807) is 10.9 Å². The second kappa shape index (κ2) is 9.47. The number of halogens is 3. The molecule has 0 unspecified atom stereocenters. The Kier molecular flexibility index (Phi) is 7.05. The van der Waals surface area contributed by atoms with Gasteiger partial charge in [0, 0.05) is 19.2 Å². The van der Waals surface area contributed by atoms with Gasteiger partial charge in [-0.15, -0.1) is 13.2 Å². The van der Waals surface area contributed by atoms with Crippen LogP contribution in [-0.2, 0) is 11.3 Å². The van der Waals surface area contributed by atoms with Crippen LogP contribution in [0.1, 0.15) is 19.3 Å². The van der Waals surface area contributed by atoms with Crippen molar-refractivity contribution < 1.29 is 27.4 Å². The zero-order valence-corrected chi connectivity index (χ0v) is 14.2. The highest BCUT2D eigenvalue weighted by atomic mass is 19.4. The van der Waals surface area contributed by atoms with Crippen LogP contribution in [-0.4, -0.2) is 28.7 Å². The summed E-state index contributed by atoms with van der Waals surface area (Å²) in [5.74, 6) is -0.580. The lowest BCUT2D eigenvalue weighted by Crippen LogP contribution is -2.20. The third-order valence-electron chi connectivity index (χ3n) is 3.27.